The van der Waals surface area contributed by atoms with E-state index < -0.39 is 14.9 Å². The van der Waals surface area contributed by atoms with Crippen LogP contribution in [0.4, 0.5) is 0 Å². The van der Waals surface area contributed by atoms with Gasteiger partial charge in [-0.25, -0.2) is 0 Å². The quantitative estimate of drug-likeness (QED) is 0.251. The summed E-state index contributed by atoms with van der Waals surface area (Å²) in [6.45, 7) is 6.93. The molecule has 0 spiro atoms. The molecule has 1 aromatic carbocycles. The summed E-state index contributed by atoms with van der Waals surface area (Å²) in [4.78, 5) is 47.6. The van der Waals surface area contributed by atoms with Crippen LogP contribution in [0.2, 0.25) is 10.0 Å². The van der Waals surface area contributed by atoms with Gasteiger partial charge >= 0.3 is 8.60 Å². The third-order valence-corrected chi connectivity index (χ3v) is 5.93. The molecule has 3 heterocycles. The highest BCUT2D eigenvalue weighted by molar-refractivity contribution is 7.39. The lowest BCUT2D eigenvalue weighted by atomic mass is 10.0. The van der Waals surface area contributed by atoms with Gasteiger partial charge in [-0.2, -0.15) is 0 Å². The number of rotatable bonds is 7. The maximum Gasteiger partial charge on any atom is 0.330 e. The molecule has 12 heteroatoms. The fourth-order valence-electron chi connectivity index (χ4n) is 3.18. The fraction of sp³-hybridized carbons (Fsp3) is 0.400. The Kier molecular flexibility index (Phi) is 6.95. The molecule has 3 fully saturated rings. The summed E-state index contributed by atoms with van der Waals surface area (Å²) < 4.78 is 9.80. The second kappa shape index (κ2) is 9.55. The summed E-state index contributed by atoms with van der Waals surface area (Å²) in [5.41, 5.74) is 1.89. The summed E-state index contributed by atoms with van der Waals surface area (Å²) >= 11 is 11.5. The van der Waals surface area contributed by atoms with Crippen LogP contribution >= 0.6 is 31.8 Å². The first-order valence-corrected chi connectivity index (χ1v) is 11.9. The highest BCUT2D eigenvalue weighted by Crippen LogP contribution is 2.34. The lowest BCUT2D eigenvalue weighted by molar-refractivity contribution is -0.117. The van der Waals surface area contributed by atoms with Crippen molar-refractivity contribution in [2.75, 3.05) is 39.3 Å². The number of carbonyl (C=O) groups excluding carboxylic acids is 2. The minimum Gasteiger partial charge on any atom is -0.463 e. The van der Waals surface area contributed by atoms with Gasteiger partial charge in [0.25, 0.3) is 0 Å². The second-order valence-corrected chi connectivity index (χ2v) is 9.06. The van der Waals surface area contributed by atoms with Gasteiger partial charge < -0.3 is 29.2 Å². The third-order valence-electron chi connectivity index (χ3n) is 4.92. The van der Waals surface area contributed by atoms with E-state index in [2.05, 4.69) is 4.52 Å². The number of ketones is 2. The molecule has 1 atom stereocenters. The van der Waals surface area contributed by atoms with E-state index in [-0.39, 0.29) is 11.6 Å². The molecular formula is C20H22Cl2N3O6P. The van der Waals surface area contributed by atoms with Crippen LogP contribution in [0.25, 0.3) is 0 Å². The largest absolute Gasteiger partial charge is 0.463 e. The number of halogens is 2. The van der Waals surface area contributed by atoms with Crippen LogP contribution in [0.5, 0.6) is 5.75 Å². The van der Waals surface area contributed by atoms with E-state index in [0.29, 0.717) is 32.9 Å². The summed E-state index contributed by atoms with van der Waals surface area (Å²) in [6, 6.07) is 4.70. The molecule has 5 rings (SSSR count). The SMILES string of the molecule is CC(Oc1ccc(Cl)cc1Cl)OP(O)O.O=C1C=C(N2CC2)C(=O)C(N2CC2)=C1N1CC1. The van der Waals surface area contributed by atoms with Crippen LogP contribution in [0, 0.1) is 0 Å². The predicted molar refractivity (Wildman–Crippen MR) is 119 cm³/mol. The van der Waals surface area contributed by atoms with Crippen molar-refractivity contribution in [2.45, 2.75) is 13.2 Å². The van der Waals surface area contributed by atoms with Gasteiger partial charge in [0, 0.05) is 50.4 Å². The number of benzene rings is 1. The molecule has 1 aliphatic carbocycles. The van der Waals surface area contributed by atoms with Gasteiger partial charge in [0.1, 0.15) is 17.1 Å². The molecule has 0 bridgehead atoms. The Labute approximate surface area is 196 Å². The van der Waals surface area contributed by atoms with E-state index in [9.17, 15) is 9.59 Å². The molecule has 0 amide bonds. The lowest BCUT2D eigenvalue weighted by Gasteiger charge is -2.21. The Morgan fingerprint density at radius 2 is 1.56 bits per heavy atom. The molecule has 0 aromatic heterocycles. The third kappa shape index (κ3) is 5.73. The first-order chi connectivity index (χ1) is 15.2. The monoisotopic (exact) mass is 501 g/mol. The van der Waals surface area contributed by atoms with Crippen molar-refractivity contribution in [2.24, 2.45) is 0 Å². The molecule has 1 aromatic rings. The van der Waals surface area contributed by atoms with E-state index in [4.69, 9.17) is 37.7 Å². The molecule has 0 radical (unpaired) electrons. The normalized spacial score (nSPS) is 20.2. The number of hydrogen-bond acceptors (Lipinski definition) is 9. The van der Waals surface area contributed by atoms with E-state index in [1.54, 1.807) is 12.1 Å². The van der Waals surface area contributed by atoms with Gasteiger partial charge in [-0.15, -0.1) is 0 Å². The van der Waals surface area contributed by atoms with E-state index >= 15 is 0 Å². The van der Waals surface area contributed by atoms with Crippen molar-refractivity contribution in [1.29, 1.82) is 0 Å². The predicted octanol–water partition coefficient (Wildman–Crippen LogP) is 2.13. The van der Waals surface area contributed by atoms with Gasteiger partial charge in [-0.3, -0.25) is 14.1 Å². The van der Waals surface area contributed by atoms with Crippen LogP contribution in [-0.2, 0) is 14.1 Å². The second-order valence-electron chi connectivity index (χ2n) is 7.50. The first-order valence-electron chi connectivity index (χ1n) is 10.0. The number of hydrogen-bond donors (Lipinski definition) is 2. The van der Waals surface area contributed by atoms with Crippen LogP contribution in [0.3, 0.4) is 0 Å². The number of carbonyl (C=O) groups is 2. The summed E-state index contributed by atoms with van der Waals surface area (Å²) in [5, 5.41) is 0.825. The average Bonchev–Trinajstić information content (AvgIpc) is 3.55. The molecule has 172 valence electrons. The van der Waals surface area contributed by atoms with Crippen molar-refractivity contribution in [3.8, 4) is 5.75 Å². The Balaban J connectivity index is 0.000000155. The van der Waals surface area contributed by atoms with Crippen LogP contribution < -0.4 is 4.74 Å². The molecule has 3 saturated heterocycles. The first kappa shape index (κ1) is 23.3. The minimum atomic E-state index is -2.45. The molecule has 32 heavy (non-hydrogen) atoms. The molecule has 2 N–H and O–H groups in total. The molecular weight excluding hydrogens is 480 g/mol. The summed E-state index contributed by atoms with van der Waals surface area (Å²) in [7, 11) is -2.45. The molecule has 0 saturated carbocycles. The van der Waals surface area contributed by atoms with Gasteiger partial charge in [0.15, 0.2) is 0 Å². The molecule has 1 unspecified atom stereocenters. The number of Topliss-reactive ketones (excluding diaryl/α,β-unsaturated/α-hetero) is 1. The van der Waals surface area contributed by atoms with Crippen molar-refractivity contribution in [3.05, 3.63) is 51.4 Å². The zero-order valence-electron chi connectivity index (χ0n) is 17.2. The molecule has 9 nitrogen and oxygen atoms in total. The smallest absolute Gasteiger partial charge is 0.330 e. The van der Waals surface area contributed by atoms with Crippen molar-refractivity contribution >= 4 is 43.4 Å². The number of allylic oxidation sites excluding steroid dienone is 1. The zero-order chi connectivity index (χ0) is 23.0. The highest BCUT2D eigenvalue weighted by atomic mass is 35.5. The Morgan fingerprint density at radius 1 is 0.969 bits per heavy atom. The highest BCUT2D eigenvalue weighted by Gasteiger charge is 2.43. The lowest BCUT2D eigenvalue weighted by Crippen LogP contribution is -2.29. The maximum atomic E-state index is 12.4. The Morgan fingerprint density at radius 3 is 2.09 bits per heavy atom. The minimum absolute atomic E-state index is 0.00546. The number of nitrogens with zero attached hydrogens (tertiary/aromatic N) is 3. The fourth-order valence-corrected chi connectivity index (χ4v) is 3.94. The maximum absolute atomic E-state index is 12.4. The van der Waals surface area contributed by atoms with Crippen LogP contribution in [0.1, 0.15) is 6.92 Å². The zero-order valence-corrected chi connectivity index (χ0v) is 19.6. The van der Waals surface area contributed by atoms with Crippen molar-refractivity contribution < 1.29 is 28.6 Å². The van der Waals surface area contributed by atoms with E-state index in [0.717, 1.165) is 39.3 Å². The Hall–Kier alpha value is -1.87. The van der Waals surface area contributed by atoms with Crippen molar-refractivity contribution in [1.82, 2.24) is 14.7 Å². The standard InChI is InChI=1S/C12H13N3O2.C8H9Cl2O4P/c16-9-7-8(13-1-2-13)12(17)11(15-5-6-15)10(9)14-3-4-14;1-5(14-15(11)12)13-8-3-2-6(9)4-7(8)10/h7H,1-6H2;2-5,11-12H,1H3. The van der Waals surface area contributed by atoms with Crippen molar-refractivity contribution in [3.63, 3.8) is 0 Å². The van der Waals surface area contributed by atoms with Crippen LogP contribution in [-0.4, -0.2) is 81.6 Å². The molecule has 3 aliphatic heterocycles. The van der Waals surface area contributed by atoms with E-state index in [1.165, 1.54) is 19.1 Å². The Bertz CT molecular complexity index is 990. The number of ether oxygens (including phenoxy) is 1. The molecule has 4 aliphatic rings. The van der Waals surface area contributed by atoms with Gasteiger partial charge in [-0.1, -0.05) is 23.2 Å². The topological polar surface area (TPSA) is 102 Å². The summed E-state index contributed by atoms with van der Waals surface area (Å²) in [5.74, 6) is 0.415. The average molecular weight is 502 g/mol. The summed E-state index contributed by atoms with van der Waals surface area (Å²) in [6.07, 6.45) is 0.723. The van der Waals surface area contributed by atoms with Gasteiger partial charge in [-0.05, 0) is 25.1 Å². The van der Waals surface area contributed by atoms with Gasteiger partial charge in [0.2, 0.25) is 17.9 Å². The van der Waals surface area contributed by atoms with Gasteiger partial charge in [0.05, 0.1) is 10.7 Å². The van der Waals surface area contributed by atoms with E-state index in [1.807, 2.05) is 14.7 Å². The van der Waals surface area contributed by atoms with Crippen LogP contribution in [0.15, 0.2) is 41.4 Å².